The van der Waals surface area contributed by atoms with Crippen LogP contribution < -0.4 is 9.47 Å². The van der Waals surface area contributed by atoms with Crippen LogP contribution in [0.5, 0.6) is 11.6 Å². The quantitative estimate of drug-likeness (QED) is 0.524. The minimum Gasteiger partial charge on any atom is -0.497 e. The second-order valence-electron chi connectivity index (χ2n) is 9.22. The largest absolute Gasteiger partial charge is 0.497 e. The van der Waals surface area contributed by atoms with Gasteiger partial charge in [0, 0.05) is 43.8 Å². The minimum atomic E-state index is -3.84. The zero-order valence-electron chi connectivity index (χ0n) is 22.0. The number of nitrogens with zero attached hydrogens (tertiary/aromatic N) is 3. The molecule has 10 heteroatoms. The number of sulfonamides is 1. The third kappa shape index (κ3) is 6.60. The molecule has 0 saturated carbocycles. The van der Waals surface area contributed by atoms with Crippen molar-refractivity contribution in [2.24, 2.45) is 5.92 Å². The molecule has 1 aliphatic heterocycles. The van der Waals surface area contributed by atoms with Crippen molar-refractivity contribution in [3.05, 3.63) is 47.7 Å². The van der Waals surface area contributed by atoms with Crippen LogP contribution in [0, 0.1) is 17.8 Å². The number of ether oxygens (including phenoxy) is 2. The second kappa shape index (κ2) is 12.4. The van der Waals surface area contributed by atoms with Gasteiger partial charge in [-0.05, 0) is 31.5 Å². The third-order valence-electron chi connectivity index (χ3n) is 6.32. The average Bonchev–Trinajstić information content (AvgIpc) is 2.90. The molecule has 37 heavy (non-hydrogen) atoms. The zero-order chi connectivity index (χ0) is 27.2. The summed E-state index contributed by atoms with van der Waals surface area (Å²) in [4.78, 5) is 19.6. The monoisotopic (exact) mass is 529 g/mol. The van der Waals surface area contributed by atoms with Crippen LogP contribution in [0.25, 0.3) is 0 Å². The van der Waals surface area contributed by atoms with Crippen molar-refractivity contribution in [3.8, 4) is 23.5 Å². The van der Waals surface area contributed by atoms with Gasteiger partial charge >= 0.3 is 0 Å². The van der Waals surface area contributed by atoms with Gasteiger partial charge in [0.05, 0.1) is 31.2 Å². The Morgan fingerprint density at radius 3 is 2.78 bits per heavy atom. The maximum atomic E-state index is 13.5. The van der Waals surface area contributed by atoms with Gasteiger partial charge in [-0.2, -0.15) is 4.31 Å². The number of likely N-dealkylation sites (N-methyl/N-ethyl adjacent to an activating group) is 1. The van der Waals surface area contributed by atoms with E-state index in [9.17, 15) is 18.3 Å². The maximum Gasteiger partial charge on any atom is 0.259 e. The van der Waals surface area contributed by atoms with Gasteiger partial charge in [0.15, 0.2) is 0 Å². The third-order valence-corrected chi connectivity index (χ3v) is 8.13. The van der Waals surface area contributed by atoms with Crippen LogP contribution in [0.3, 0.4) is 0 Å². The summed E-state index contributed by atoms with van der Waals surface area (Å²) in [7, 11) is -0.876. The van der Waals surface area contributed by atoms with E-state index in [1.807, 2.05) is 13.8 Å². The highest BCUT2D eigenvalue weighted by Crippen LogP contribution is 2.28. The molecule has 3 atom stereocenters. The number of methoxy groups -OCH3 is 1. The lowest BCUT2D eigenvalue weighted by atomic mass is 10.0. The smallest absolute Gasteiger partial charge is 0.259 e. The molecular weight excluding hydrogens is 494 g/mol. The van der Waals surface area contributed by atoms with E-state index < -0.39 is 22.2 Å². The summed E-state index contributed by atoms with van der Waals surface area (Å²) in [6.45, 7) is 5.76. The molecule has 9 nitrogen and oxygen atoms in total. The Balaban J connectivity index is 1.97. The van der Waals surface area contributed by atoms with Crippen LogP contribution in [0.2, 0.25) is 0 Å². The van der Waals surface area contributed by atoms with Crippen molar-refractivity contribution in [3.63, 3.8) is 0 Å². The molecule has 1 aliphatic rings. The number of hydrogen-bond donors (Lipinski definition) is 1. The summed E-state index contributed by atoms with van der Waals surface area (Å²) in [6.07, 6.45) is 2.58. The Hall–Kier alpha value is -3.13. The van der Waals surface area contributed by atoms with Gasteiger partial charge in [-0.15, -0.1) is 0 Å². The molecule has 1 aromatic heterocycles. The van der Waals surface area contributed by atoms with Crippen molar-refractivity contribution >= 4 is 15.9 Å². The Labute approximate surface area is 219 Å². The van der Waals surface area contributed by atoms with Crippen molar-refractivity contribution < 1.29 is 27.8 Å². The van der Waals surface area contributed by atoms with Gasteiger partial charge in [0.25, 0.3) is 5.91 Å². The molecule has 3 rings (SSSR count). The average molecular weight is 530 g/mol. The first-order valence-corrected chi connectivity index (χ1v) is 13.7. The van der Waals surface area contributed by atoms with Gasteiger partial charge in [-0.3, -0.25) is 4.79 Å². The Bertz CT molecular complexity index is 1270. The summed E-state index contributed by atoms with van der Waals surface area (Å²) in [5.74, 6) is 6.05. The number of amides is 1. The molecular formula is C27H35N3O6S. The summed E-state index contributed by atoms with van der Waals surface area (Å²) < 4.78 is 39.2. The van der Waals surface area contributed by atoms with Gasteiger partial charge in [0.2, 0.25) is 15.9 Å². The number of aliphatic hydroxyl groups is 1. The Morgan fingerprint density at radius 2 is 2.11 bits per heavy atom. The van der Waals surface area contributed by atoms with Crippen LogP contribution in [-0.2, 0) is 10.0 Å². The minimum absolute atomic E-state index is 0.0232. The number of rotatable bonds is 8. The second-order valence-corrected chi connectivity index (χ2v) is 11.3. The highest BCUT2D eigenvalue weighted by atomic mass is 32.2. The highest BCUT2D eigenvalue weighted by Gasteiger charge is 2.36. The summed E-state index contributed by atoms with van der Waals surface area (Å²) in [6, 6.07) is 7.47. The lowest BCUT2D eigenvalue weighted by molar-refractivity contribution is 0.0373. The number of hydrogen-bond acceptors (Lipinski definition) is 7. The number of benzene rings is 1. The summed E-state index contributed by atoms with van der Waals surface area (Å²) in [5, 5.41) is 9.82. The standard InChI is InChI=1S/C27H35N3O6S/c1-6-7-8-10-21-13-24-26(28-15-21)36-25(19(2)16-30(27(24)32)20(3)18-31)17-29(4)37(33,34)23-12-9-11-22(14-23)35-5/h9,11-15,19-20,25,31H,6-7,16-18H2,1-5H3/t19-,20-,25+/m1/s1. The van der Waals surface area contributed by atoms with Crippen molar-refractivity contribution in [1.82, 2.24) is 14.2 Å². The molecule has 0 saturated heterocycles. The molecule has 1 amide bonds. The number of aromatic nitrogens is 1. The summed E-state index contributed by atoms with van der Waals surface area (Å²) in [5.41, 5.74) is 0.822. The van der Waals surface area contributed by atoms with Crippen molar-refractivity contribution in [2.45, 2.75) is 50.7 Å². The molecule has 2 aromatic rings. The van der Waals surface area contributed by atoms with Crippen LogP contribution in [0.1, 0.15) is 49.5 Å². The zero-order valence-corrected chi connectivity index (χ0v) is 22.8. The maximum absolute atomic E-state index is 13.5. The molecule has 200 valence electrons. The number of carbonyl (C=O) groups excluding carboxylic acids is 1. The van der Waals surface area contributed by atoms with Crippen LogP contribution in [-0.4, -0.2) is 79.6 Å². The molecule has 0 radical (unpaired) electrons. The number of unbranched alkanes of at least 4 members (excludes halogenated alkanes) is 1. The highest BCUT2D eigenvalue weighted by molar-refractivity contribution is 7.89. The Kier molecular flexibility index (Phi) is 9.54. The van der Waals surface area contributed by atoms with E-state index >= 15 is 0 Å². The van der Waals surface area contributed by atoms with Crippen LogP contribution in [0.15, 0.2) is 41.4 Å². The first-order chi connectivity index (χ1) is 17.6. The van der Waals surface area contributed by atoms with E-state index in [4.69, 9.17) is 9.47 Å². The van der Waals surface area contributed by atoms with E-state index in [0.29, 0.717) is 11.3 Å². The van der Waals surface area contributed by atoms with E-state index in [0.717, 1.165) is 12.8 Å². The van der Waals surface area contributed by atoms with Gasteiger partial charge in [-0.25, -0.2) is 13.4 Å². The number of fused-ring (bicyclic) bond motifs is 1. The number of carbonyl (C=O) groups is 1. The van der Waals surface area contributed by atoms with E-state index in [1.165, 1.54) is 30.6 Å². The molecule has 2 heterocycles. The molecule has 0 spiro atoms. The van der Waals surface area contributed by atoms with E-state index in [-0.39, 0.29) is 47.9 Å². The van der Waals surface area contributed by atoms with Gasteiger partial charge in [0.1, 0.15) is 17.4 Å². The normalized spacial score (nSPS) is 18.7. The fraction of sp³-hybridized carbons (Fsp3) is 0.481. The molecule has 0 bridgehead atoms. The predicted molar refractivity (Wildman–Crippen MR) is 140 cm³/mol. The lowest BCUT2D eigenvalue weighted by Crippen LogP contribution is -2.50. The van der Waals surface area contributed by atoms with E-state index in [2.05, 4.69) is 16.8 Å². The molecule has 1 aromatic carbocycles. The number of aliphatic hydroxyl groups excluding tert-OH is 1. The SMILES string of the molecule is CCCC#Cc1cnc2c(c1)C(=O)N([C@H](C)CO)C[C@@H](C)[C@H](CN(C)S(=O)(=O)c1cccc(OC)c1)O2. The van der Waals surface area contributed by atoms with Crippen LogP contribution in [0.4, 0.5) is 0 Å². The topological polar surface area (TPSA) is 109 Å². The fourth-order valence-electron chi connectivity index (χ4n) is 3.97. The van der Waals surface area contributed by atoms with Gasteiger partial charge in [-0.1, -0.05) is 31.8 Å². The first-order valence-electron chi connectivity index (χ1n) is 12.3. The van der Waals surface area contributed by atoms with Gasteiger partial charge < -0.3 is 19.5 Å². The van der Waals surface area contributed by atoms with Crippen molar-refractivity contribution in [1.29, 1.82) is 0 Å². The molecule has 0 fully saturated rings. The molecule has 1 N–H and O–H groups in total. The lowest BCUT2D eigenvalue weighted by Gasteiger charge is -2.37. The first kappa shape index (κ1) is 28.4. The number of pyridine rings is 1. The van der Waals surface area contributed by atoms with E-state index in [1.54, 1.807) is 36.2 Å². The molecule has 0 aliphatic carbocycles. The molecule has 0 unspecified atom stereocenters. The van der Waals surface area contributed by atoms with Crippen LogP contribution >= 0.6 is 0 Å². The Morgan fingerprint density at radius 1 is 1.35 bits per heavy atom. The fourth-order valence-corrected chi connectivity index (χ4v) is 5.19. The predicted octanol–water partition coefficient (Wildman–Crippen LogP) is 2.78. The summed E-state index contributed by atoms with van der Waals surface area (Å²) >= 11 is 0. The van der Waals surface area contributed by atoms with Crippen molar-refractivity contribution in [2.75, 3.05) is 33.9 Å².